The predicted octanol–water partition coefficient (Wildman–Crippen LogP) is 1.89. The van der Waals surface area contributed by atoms with Gasteiger partial charge in [-0.25, -0.2) is 4.39 Å². The summed E-state index contributed by atoms with van der Waals surface area (Å²) in [5.74, 6) is -0.218. The van der Waals surface area contributed by atoms with Crippen molar-refractivity contribution in [3.05, 3.63) is 41.3 Å². The van der Waals surface area contributed by atoms with Crippen LogP contribution in [0.1, 0.15) is 11.3 Å². The molecule has 0 amide bonds. The summed E-state index contributed by atoms with van der Waals surface area (Å²) in [6.45, 7) is 1.36. The van der Waals surface area contributed by atoms with Gasteiger partial charge in [0.25, 0.3) is 0 Å². The Morgan fingerprint density at radius 1 is 1.29 bits per heavy atom. The van der Waals surface area contributed by atoms with Crippen molar-refractivity contribution in [2.45, 2.75) is 13.1 Å². The summed E-state index contributed by atoms with van der Waals surface area (Å²) < 4.78 is 16.5. The van der Waals surface area contributed by atoms with Crippen LogP contribution in [0.4, 0.5) is 9.39 Å². The molecule has 2 aromatic rings. The highest BCUT2D eigenvalue weighted by Gasteiger charge is 2.08. The maximum absolute atomic E-state index is 12.7. The van der Waals surface area contributed by atoms with Crippen molar-refractivity contribution in [3.8, 4) is 0 Å². The number of halogens is 1. The SMILES string of the molecule is CN(Cc1ccc(F)cc1)Cc1nnsc1N. The molecule has 0 fully saturated rings. The van der Waals surface area contributed by atoms with Gasteiger partial charge in [0.2, 0.25) is 0 Å². The molecule has 2 N–H and O–H groups in total. The Morgan fingerprint density at radius 3 is 2.59 bits per heavy atom. The summed E-state index contributed by atoms with van der Waals surface area (Å²) >= 11 is 1.20. The summed E-state index contributed by atoms with van der Waals surface area (Å²) in [5.41, 5.74) is 7.56. The first-order valence-electron chi connectivity index (χ1n) is 5.15. The van der Waals surface area contributed by atoms with Crippen LogP contribution in [0, 0.1) is 5.82 Å². The number of nitrogen functional groups attached to an aromatic ring is 1. The van der Waals surface area contributed by atoms with Crippen LogP contribution in [0.3, 0.4) is 0 Å². The average molecular weight is 252 g/mol. The number of benzene rings is 1. The smallest absolute Gasteiger partial charge is 0.132 e. The highest BCUT2D eigenvalue weighted by atomic mass is 32.1. The first-order valence-corrected chi connectivity index (χ1v) is 5.92. The van der Waals surface area contributed by atoms with E-state index in [9.17, 15) is 4.39 Å². The van der Waals surface area contributed by atoms with Crippen molar-refractivity contribution in [1.82, 2.24) is 14.5 Å². The molecule has 0 saturated heterocycles. The standard InChI is InChI=1S/C11H13FN4S/c1-16(7-10-11(13)17-15-14-10)6-8-2-4-9(12)5-3-8/h2-5H,6-7,13H2,1H3. The minimum atomic E-state index is -0.218. The topological polar surface area (TPSA) is 55.0 Å². The number of anilines is 1. The third kappa shape index (κ3) is 3.21. The van der Waals surface area contributed by atoms with Crippen LogP contribution >= 0.6 is 11.5 Å². The zero-order valence-corrected chi connectivity index (χ0v) is 10.2. The Hall–Kier alpha value is -1.53. The lowest BCUT2D eigenvalue weighted by atomic mass is 10.2. The number of hydrogen-bond donors (Lipinski definition) is 1. The lowest BCUT2D eigenvalue weighted by Gasteiger charge is -2.15. The summed E-state index contributed by atoms with van der Waals surface area (Å²) in [4.78, 5) is 2.06. The van der Waals surface area contributed by atoms with E-state index in [0.29, 0.717) is 11.5 Å². The van der Waals surface area contributed by atoms with Crippen molar-refractivity contribution in [3.63, 3.8) is 0 Å². The number of rotatable bonds is 4. The van der Waals surface area contributed by atoms with Gasteiger partial charge in [0.15, 0.2) is 0 Å². The van der Waals surface area contributed by atoms with Crippen molar-refractivity contribution < 1.29 is 4.39 Å². The molecule has 17 heavy (non-hydrogen) atoms. The molecule has 6 heteroatoms. The molecule has 0 saturated carbocycles. The molecule has 0 atom stereocenters. The molecule has 1 aromatic heterocycles. The number of hydrogen-bond acceptors (Lipinski definition) is 5. The highest BCUT2D eigenvalue weighted by molar-refractivity contribution is 7.09. The fourth-order valence-electron chi connectivity index (χ4n) is 1.54. The third-order valence-electron chi connectivity index (χ3n) is 2.37. The lowest BCUT2D eigenvalue weighted by Crippen LogP contribution is -2.18. The van der Waals surface area contributed by atoms with E-state index in [1.807, 2.05) is 7.05 Å². The fourth-order valence-corrected chi connectivity index (χ4v) is 1.98. The van der Waals surface area contributed by atoms with Gasteiger partial charge in [0.05, 0.1) is 0 Å². The number of nitrogens with two attached hydrogens (primary N) is 1. The van der Waals surface area contributed by atoms with Gasteiger partial charge in [0, 0.05) is 24.6 Å². The molecule has 4 nitrogen and oxygen atoms in total. The fraction of sp³-hybridized carbons (Fsp3) is 0.273. The number of nitrogens with zero attached hydrogens (tertiary/aromatic N) is 3. The lowest BCUT2D eigenvalue weighted by molar-refractivity contribution is 0.315. The van der Waals surface area contributed by atoms with Crippen LogP contribution in [-0.4, -0.2) is 21.5 Å². The minimum absolute atomic E-state index is 0.218. The van der Waals surface area contributed by atoms with Crippen molar-refractivity contribution in [1.29, 1.82) is 0 Å². The van der Waals surface area contributed by atoms with Gasteiger partial charge in [-0.3, -0.25) is 4.90 Å². The van der Waals surface area contributed by atoms with E-state index < -0.39 is 0 Å². The molecule has 90 valence electrons. The molecule has 0 bridgehead atoms. The first-order chi connectivity index (χ1) is 8.15. The molecule has 2 rings (SSSR count). The maximum Gasteiger partial charge on any atom is 0.132 e. The van der Waals surface area contributed by atoms with Crippen LogP contribution < -0.4 is 5.73 Å². The van der Waals surface area contributed by atoms with Crippen molar-refractivity contribution in [2.75, 3.05) is 12.8 Å². The van der Waals surface area contributed by atoms with Crippen molar-refractivity contribution >= 4 is 16.5 Å². The third-order valence-corrected chi connectivity index (χ3v) is 2.97. The van der Waals surface area contributed by atoms with E-state index in [4.69, 9.17) is 5.73 Å². The molecule has 0 aliphatic heterocycles. The van der Waals surface area contributed by atoms with Gasteiger partial charge in [-0.15, -0.1) is 5.10 Å². The zero-order chi connectivity index (χ0) is 12.3. The quantitative estimate of drug-likeness (QED) is 0.903. The van der Waals surface area contributed by atoms with Crippen molar-refractivity contribution in [2.24, 2.45) is 0 Å². The van der Waals surface area contributed by atoms with Gasteiger partial charge in [-0.2, -0.15) is 0 Å². The largest absolute Gasteiger partial charge is 0.388 e. The molecule has 0 spiro atoms. The van der Waals surface area contributed by atoms with Gasteiger partial charge < -0.3 is 5.73 Å². The Morgan fingerprint density at radius 2 is 2.00 bits per heavy atom. The summed E-state index contributed by atoms with van der Waals surface area (Å²) in [6.07, 6.45) is 0. The summed E-state index contributed by atoms with van der Waals surface area (Å²) in [5, 5.41) is 4.60. The normalized spacial score (nSPS) is 11.0. The van der Waals surface area contributed by atoms with Crippen LogP contribution in [0.15, 0.2) is 24.3 Å². The van der Waals surface area contributed by atoms with E-state index in [1.54, 1.807) is 12.1 Å². The van der Waals surface area contributed by atoms with Gasteiger partial charge in [0.1, 0.15) is 16.5 Å². The molecule has 0 aliphatic carbocycles. The first kappa shape index (κ1) is 11.9. The molecule has 0 aliphatic rings. The molecule has 1 aromatic carbocycles. The highest BCUT2D eigenvalue weighted by Crippen LogP contribution is 2.15. The monoisotopic (exact) mass is 252 g/mol. The predicted molar refractivity (Wildman–Crippen MR) is 65.9 cm³/mol. The van der Waals surface area contributed by atoms with E-state index in [2.05, 4.69) is 14.5 Å². The molecular formula is C11H13FN4S. The Kier molecular flexibility index (Phi) is 3.65. The van der Waals surface area contributed by atoms with Gasteiger partial charge >= 0.3 is 0 Å². The second-order valence-electron chi connectivity index (χ2n) is 3.88. The molecule has 0 radical (unpaired) electrons. The Labute approximate surface area is 103 Å². The van der Waals surface area contributed by atoms with Crippen LogP contribution in [-0.2, 0) is 13.1 Å². The summed E-state index contributed by atoms with van der Waals surface area (Å²) in [7, 11) is 1.96. The Balaban J connectivity index is 1.95. The molecule has 0 unspecified atom stereocenters. The zero-order valence-electron chi connectivity index (χ0n) is 9.43. The molecule has 1 heterocycles. The van der Waals surface area contributed by atoms with Gasteiger partial charge in [-0.05, 0) is 24.7 Å². The molecular weight excluding hydrogens is 239 g/mol. The summed E-state index contributed by atoms with van der Waals surface area (Å²) in [6, 6.07) is 6.47. The minimum Gasteiger partial charge on any atom is -0.388 e. The van der Waals surface area contributed by atoms with Gasteiger partial charge in [-0.1, -0.05) is 16.6 Å². The second-order valence-corrected chi connectivity index (χ2v) is 4.67. The average Bonchev–Trinajstić information content (AvgIpc) is 2.68. The van der Waals surface area contributed by atoms with Crippen LogP contribution in [0.5, 0.6) is 0 Å². The maximum atomic E-state index is 12.7. The van der Waals surface area contributed by atoms with E-state index in [0.717, 1.165) is 17.8 Å². The second kappa shape index (κ2) is 5.20. The van der Waals surface area contributed by atoms with E-state index in [1.165, 1.54) is 23.7 Å². The van der Waals surface area contributed by atoms with E-state index >= 15 is 0 Å². The van der Waals surface area contributed by atoms with E-state index in [-0.39, 0.29) is 5.82 Å². The Bertz CT molecular complexity index is 482. The number of aromatic nitrogens is 2. The van der Waals surface area contributed by atoms with Crippen LogP contribution in [0.25, 0.3) is 0 Å². The van der Waals surface area contributed by atoms with Crippen LogP contribution in [0.2, 0.25) is 0 Å².